The summed E-state index contributed by atoms with van der Waals surface area (Å²) in [6.07, 6.45) is 1.75. The quantitative estimate of drug-likeness (QED) is 0.822. The van der Waals surface area contributed by atoms with Gasteiger partial charge in [0.2, 0.25) is 0 Å². The van der Waals surface area contributed by atoms with Gasteiger partial charge < -0.3 is 15.3 Å². The number of nitrogens with one attached hydrogen (secondary N) is 1. The van der Waals surface area contributed by atoms with Gasteiger partial charge in [-0.15, -0.1) is 0 Å². The highest BCUT2D eigenvalue weighted by atomic mass is 32.2. The number of hydrogen-bond donors (Lipinski definition) is 2. The first-order chi connectivity index (χ1) is 9.95. The van der Waals surface area contributed by atoms with E-state index in [2.05, 4.69) is 10.3 Å². The van der Waals surface area contributed by atoms with E-state index in [0.29, 0.717) is 10.1 Å². The Kier molecular flexibility index (Phi) is 4.64. The van der Waals surface area contributed by atoms with Gasteiger partial charge in [-0.1, -0.05) is 12.1 Å². The number of carboxylic acid groups (broad SMARTS) is 1. The molecule has 2 rings (SSSR count). The second-order valence-corrected chi connectivity index (χ2v) is 5.60. The average Bonchev–Trinajstić information content (AvgIpc) is 2.78. The SMILES string of the molecule is CN(C)c1ccc(/C=C2\SC(=NCC(=O)O)NC2=O)cc1. The fraction of sp³-hybridized carbons (Fsp3) is 0.214. The molecule has 1 amide bonds. The standard InChI is InChI=1S/C14H15N3O3S/c1-17(2)10-5-3-9(4-6-10)7-11-13(20)16-14(21-11)15-8-12(18)19/h3-7H,8H2,1-2H3,(H,18,19)(H,15,16,20)/b11-7-. The summed E-state index contributed by atoms with van der Waals surface area (Å²) in [4.78, 5) is 28.5. The van der Waals surface area contributed by atoms with Crippen LogP contribution in [0, 0.1) is 0 Å². The van der Waals surface area contributed by atoms with Crippen molar-refractivity contribution in [1.29, 1.82) is 0 Å². The van der Waals surface area contributed by atoms with E-state index in [1.165, 1.54) is 0 Å². The lowest BCUT2D eigenvalue weighted by atomic mass is 10.2. The first-order valence-corrected chi connectivity index (χ1v) is 7.02. The second-order valence-electron chi connectivity index (χ2n) is 4.57. The van der Waals surface area contributed by atoms with E-state index < -0.39 is 5.97 Å². The van der Waals surface area contributed by atoms with Crippen LogP contribution in [0.15, 0.2) is 34.2 Å². The molecule has 1 aliphatic rings. The predicted molar refractivity (Wildman–Crippen MR) is 84.4 cm³/mol. The Bertz CT molecular complexity index is 621. The molecule has 1 saturated heterocycles. The molecule has 0 bridgehead atoms. The number of aliphatic imine (C=N–C) groups is 1. The molecule has 0 radical (unpaired) electrons. The molecule has 1 fully saturated rings. The molecule has 0 spiro atoms. The Balaban J connectivity index is 2.12. The highest BCUT2D eigenvalue weighted by Crippen LogP contribution is 2.26. The van der Waals surface area contributed by atoms with Gasteiger partial charge in [0.1, 0.15) is 6.54 Å². The van der Waals surface area contributed by atoms with Gasteiger partial charge in [-0.3, -0.25) is 14.6 Å². The number of rotatable bonds is 4. The molecule has 0 aromatic heterocycles. The minimum absolute atomic E-state index is 0.263. The molecule has 1 aromatic rings. The van der Waals surface area contributed by atoms with Crippen LogP contribution in [-0.4, -0.2) is 42.8 Å². The zero-order valence-corrected chi connectivity index (χ0v) is 12.5. The van der Waals surface area contributed by atoms with Crippen LogP contribution < -0.4 is 10.2 Å². The van der Waals surface area contributed by atoms with Crippen molar-refractivity contribution in [3.8, 4) is 0 Å². The zero-order valence-electron chi connectivity index (χ0n) is 11.7. The molecule has 6 nitrogen and oxygen atoms in total. The van der Waals surface area contributed by atoms with Crippen molar-refractivity contribution in [3.63, 3.8) is 0 Å². The predicted octanol–water partition coefficient (Wildman–Crippen LogP) is 1.40. The number of carbonyl (C=O) groups excluding carboxylic acids is 1. The maximum absolute atomic E-state index is 11.8. The molecule has 110 valence electrons. The lowest BCUT2D eigenvalue weighted by molar-refractivity contribution is -0.135. The number of aliphatic carboxylic acids is 1. The summed E-state index contributed by atoms with van der Waals surface area (Å²) in [5.74, 6) is -1.30. The van der Waals surface area contributed by atoms with Crippen LogP contribution in [0.1, 0.15) is 5.56 Å². The average molecular weight is 305 g/mol. The highest BCUT2D eigenvalue weighted by molar-refractivity contribution is 8.18. The summed E-state index contributed by atoms with van der Waals surface area (Å²) < 4.78 is 0. The lowest BCUT2D eigenvalue weighted by Crippen LogP contribution is -2.20. The smallest absolute Gasteiger partial charge is 0.325 e. The lowest BCUT2D eigenvalue weighted by Gasteiger charge is -2.11. The highest BCUT2D eigenvalue weighted by Gasteiger charge is 2.23. The van der Waals surface area contributed by atoms with E-state index in [1.54, 1.807) is 6.08 Å². The maximum atomic E-state index is 11.8. The fourth-order valence-electron chi connectivity index (χ4n) is 1.66. The van der Waals surface area contributed by atoms with Crippen LogP contribution in [0.2, 0.25) is 0 Å². The summed E-state index contributed by atoms with van der Waals surface area (Å²) in [7, 11) is 3.91. The van der Waals surface area contributed by atoms with Crippen LogP contribution in [0.25, 0.3) is 6.08 Å². The number of hydrogen-bond acceptors (Lipinski definition) is 5. The Morgan fingerprint density at radius 2 is 2.05 bits per heavy atom. The number of thioether (sulfide) groups is 1. The minimum Gasteiger partial charge on any atom is -0.480 e. The number of benzene rings is 1. The first-order valence-electron chi connectivity index (χ1n) is 6.20. The maximum Gasteiger partial charge on any atom is 0.325 e. The van der Waals surface area contributed by atoms with Gasteiger partial charge in [0.15, 0.2) is 5.17 Å². The monoisotopic (exact) mass is 305 g/mol. The molecule has 1 aliphatic heterocycles. The van der Waals surface area contributed by atoms with Gasteiger partial charge in [-0.25, -0.2) is 0 Å². The van der Waals surface area contributed by atoms with Gasteiger partial charge in [-0.05, 0) is 35.5 Å². The van der Waals surface area contributed by atoms with E-state index in [1.807, 2.05) is 43.3 Å². The summed E-state index contributed by atoms with van der Waals surface area (Å²) in [6, 6.07) is 7.76. The second kappa shape index (κ2) is 6.45. The summed E-state index contributed by atoms with van der Waals surface area (Å²) in [5, 5.41) is 11.4. The van der Waals surface area contributed by atoms with Crippen molar-refractivity contribution >= 4 is 40.6 Å². The van der Waals surface area contributed by atoms with E-state index in [0.717, 1.165) is 23.0 Å². The molecular formula is C14H15N3O3S. The van der Waals surface area contributed by atoms with Gasteiger partial charge >= 0.3 is 5.97 Å². The molecule has 0 unspecified atom stereocenters. The third-order valence-corrected chi connectivity index (χ3v) is 3.66. The number of carbonyl (C=O) groups is 2. The van der Waals surface area contributed by atoms with E-state index in [4.69, 9.17) is 5.11 Å². The molecule has 0 atom stereocenters. The van der Waals surface area contributed by atoms with E-state index in [-0.39, 0.29) is 12.5 Å². The number of anilines is 1. The molecule has 2 N–H and O–H groups in total. The van der Waals surface area contributed by atoms with Crippen molar-refractivity contribution in [2.45, 2.75) is 0 Å². The molecule has 1 aromatic carbocycles. The third-order valence-electron chi connectivity index (χ3n) is 2.72. The van der Waals surface area contributed by atoms with Crippen LogP contribution in [0.4, 0.5) is 5.69 Å². The van der Waals surface area contributed by atoms with Gasteiger partial charge in [-0.2, -0.15) is 0 Å². The Morgan fingerprint density at radius 1 is 1.38 bits per heavy atom. The molecule has 7 heteroatoms. The van der Waals surface area contributed by atoms with Crippen molar-refractivity contribution < 1.29 is 14.7 Å². The van der Waals surface area contributed by atoms with E-state index in [9.17, 15) is 9.59 Å². The van der Waals surface area contributed by atoms with Crippen LogP contribution in [0.3, 0.4) is 0 Å². The zero-order chi connectivity index (χ0) is 15.4. The Morgan fingerprint density at radius 3 is 2.62 bits per heavy atom. The summed E-state index contributed by atoms with van der Waals surface area (Å²) >= 11 is 1.14. The summed E-state index contributed by atoms with van der Waals surface area (Å²) in [6.45, 7) is -0.354. The van der Waals surface area contributed by atoms with Crippen molar-refractivity contribution in [3.05, 3.63) is 34.7 Å². The molecule has 21 heavy (non-hydrogen) atoms. The van der Waals surface area contributed by atoms with Crippen molar-refractivity contribution in [2.24, 2.45) is 4.99 Å². The van der Waals surface area contributed by atoms with Crippen LogP contribution in [-0.2, 0) is 9.59 Å². The Labute approximate surface area is 126 Å². The van der Waals surface area contributed by atoms with Gasteiger partial charge in [0, 0.05) is 19.8 Å². The van der Waals surface area contributed by atoms with Gasteiger partial charge in [0.25, 0.3) is 5.91 Å². The van der Waals surface area contributed by atoms with Crippen LogP contribution in [0.5, 0.6) is 0 Å². The fourth-order valence-corrected chi connectivity index (χ4v) is 2.48. The first kappa shape index (κ1) is 15.1. The summed E-state index contributed by atoms with van der Waals surface area (Å²) in [5.41, 5.74) is 1.97. The minimum atomic E-state index is -1.03. The molecule has 1 heterocycles. The van der Waals surface area contributed by atoms with Crippen molar-refractivity contribution in [1.82, 2.24) is 5.32 Å². The topological polar surface area (TPSA) is 82.0 Å². The van der Waals surface area contributed by atoms with Gasteiger partial charge in [0.05, 0.1) is 4.91 Å². The molecule has 0 aliphatic carbocycles. The number of nitrogens with zero attached hydrogens (tertiary/aromatic N) is 2. The Hall–Kier alpha value is -2.28. The van der Waals surface area contributed by atoms with E-state index >= 15 is 0 Å². The van der Waals surface area contributed by atoms with Crippen molar-refractivity contribution in [2.75, 3.05) is 25.5 Å². The number of carboxylic acids is 1. The largest absolute Gasteiger partial charge is 0.480 e. The third kappa shape index (κ3) is 4.09. The van der Waals surface area contributed by atoms with Crippen LogP contribution >= 0.6 is 11.8 Å². The molecular weight excluding hydrogens is 290 g/mol. The molecule has 0 saturated carbocycles. The normalized spacial score (nSPS) is 18.1. The number of amides is 1. The number of amidine groups is 1.